The van der Waals surface area contributed by atoms with Crippen molar-refractivity contribution in [1.29, 1.82) is 0 Å². The molecule has 0 aromatic rings. The summed E-state index contributed by atoms with van der Waals surface area (Å²) in [6.45, 7) is 8.84. The van der Waals surface area contributed by atoms with Crippen molar-refractivity contribution in [2.24, 2.45) is 5.92 Å². The van der Waals surface area contributed by atoms with Gasteiger partial charge in [-0.2, -0.15) is 0 Å². The molecule has 2 atom stereocenters. The van der Waals surface area contributed by atoms with Gasteiger partial charge in [-0.3, -0.25) is 0 Å². The van der Waals surface area contributed by atoms with Gasteiger partial charge in [-0.1, -0.05) is 78.1 Å². The van der Waals surface area contributed by atoms with Crippen molar-refractivity contribution in [3.63, 3.8) is 0 Å². The lowest BCUT2D eigenvalue weighted by Crippen LogP contribution is -2.49. The van der Waals surface area contributed by atoms with Crippen LogP contribution in [0.3, 0.4) is 0 Å². The lowest BCUT2D eigenvalue weighted by atomic mass is 9.95. The van der Waals surface area contributed by atoms with E-state index in [1.807, 2.05) is 0 Å². The van der Waals surface area contributed by atoms with Gasteiger partial charge in [0, 0.05) is 6.61 Å². The molecule has 2 unspecified atom stereocenters. The maximum Gasteiger partial charge on any atom is 0.359 e. The van der Waals surface area contributed by atoms with Crippen molar-refractivity contribution in [2.45, 2.75) is 97.0 Å². The molecule has 0 aliphatic rings. The first-order valence-corrected chi connectivity index (χ1v) is 14.8. The number of hydrogen-bond acceptors (Lipinski definition) is 6. The molecular weight excluding hydrogens is 474 g/mol. The van der Waals surface area contributed by atoms with Crippen LogP contribution in [0.15, 0.2) is 0 Å². The lowest BCUT2D eigenvalue weighted by molar-refractivity contribution is -0.886. The number of quaternary nitrogens is 1. The van der Waals surface area contributed by atoms with Crippen LogP contribution < -0.4 is 0 Å². The maximum absolute atomic E-state index is 10.8. The van der Waals surface area contributed by atoms with Crippen molar-refractivity contribution >= 4 is 5.97 Å². The number of hydrogen-bond donors (Lipinski definition) is 2. The Morgan fingerprint density at radius 2 is 1.11 bits per heavy atom. The fourth-order valence-corrected chi connectivity index (χ4v) is 4.47. The third kappa shape index (κ3) is 26.6. The molecule has 0 bridgehead atoms. The van der Waals surface area contributed by atoms with E-state index in [1.54, 1.807) is 14.1 Å². The zero-order valence-electron chi connectivity index (χ0n) is 24.6. The smallest absolute Gasteiger partial charge is 0.359 e. The van der Waals surface area contributed by atoms with Gasteiger partial charge in [-0.15, -0.1) is 0 Å². The van der Waals surface area contributed by atoms with E-state index >= 15 is 0 Å². The van der Waals surface area contributed by atoms with Gasteiger partial charge < -0.3 is 33.6 Å². The number of carboxylic acid groups (broad SMARTS) is 1. The summed E-state index contributed by atoms with van der Waals surface area (Å²) >= 11 is 0. The summed E-state index contributed by atoms with van der Waals surface area (Å²) in [6, 6.07) is 0. The second kappa shape index (κ2) is 25.5. The van der Waals surface area contributed by atoms with Crippen LogP contribution in [0.4, 0.5) is 0 Å². The Hall–Kier alpha value is -0.770. The first-order chi connectivity index (χ1) is 17.8. The van der Waals surface area contributed by atoms with E-state index < -0.39 is 12.1 Å². The Bertz CT molecular complexity index is 505. The largest absolute Gasteiger partial charge is 0.477 e. The Morgan fingerprint density at radius 1 is 0.676 bits per heavy atom. The second-order valence-corrected chi connectivity index (χ2v) is 11.0. The number of carboxylic acids is 1. The van der Waals surface area contributed by atoms with Crippen molar-refractivity contribution in [3.05, 3.63) is 0 Å². The van der Waals surface area contributed by atoms with E-state index in [2.05, 4.69) is 13.8 Å². The fraction of sp³-hybridized carbons (Fsp3) is 0.966. The van der Waals surface area contributed by atoms with Gasteiger partial charge >= 0.3 is 5.97 Å². The maximum atomic E-state index is 10.8. The number of unbranched alkanes of at least 4 members (excludes halogenated alkanes) is 8. The third-order valence-electron chi connectivity index (χ3n) is 6.48. The summed E-state index contributed by atoms with van der Waals surface area (Å²) in [5.74, 6) is -0.210. The number of rotatable bonds is 29. The molecule has 0 saturated carbocycles. The molecule has 8 heteroatoms. The third-order valence-corrected chi connectivity index (χ3v) is 6.48. The highest BCUT2D eigenvalue weighted by atomic mass is 16.6. The van der Waals surface area contributed by atoms with Crippen molar-refractivity contribution in [2.75, 3.05) is 80.0 Å². The Balaban J connectivity index is 3.71. The van der Waals surface area contributed by atoms with Crippen molar-refractivity contribution in [3.8, 4) is 0 Å². The number of aliphatic carboxylic acids is 1. The molecule has 0 aromatic heterocycles. The number of aliphatic hydroxyl groups excluding tert-OH is 1. The number of nitrogens with zero attached hydrogens (tertiary/aromatic N) is 1. The van der Waals surface area contributed by atoms with Crippen LogP contribution in [0.5, 0.6) is 0 Å². The molecule has 0 saturated heterocycles. The summed E-state index contributed by atoms with van der Waals surface area (Å²) in [7, 11) is 3.55. The molecule has 0 aromatic carbocycles. The summed E-state index contributed by atoms with van der Waals surface area (Å²) in [5, 5.41) is 18.9. The fourth-order valence-electron chi connectivity index (χ4n) is 4.47. The van der Waals surface area contributed by atoms with Crippen LogP contribution in [0.25, 0.3) is 0 Å². The predicted molar refractivity (Wildman–Crippen MR) is 149 cm³/mol. The van der Waals surface area contributed by atoms with Crippen LogP contribution in [0, 0.1) is 5.92 Å². The normalized spacial score (nSPS) is 13.6. The first-order valence-electron chi connectivity index (χ1n) is 14.8. The molecule has 8 nitrogen and oxygen atoms in total. The Kier molecular flexibility index (Phi) is 25.0. The summed E-state index contributed by atoms with van der Waals surface area (Å²) in [4.78, 5) is 10.8. The molecule has 2 N–H and O–H groups in total. The zero-order valence-corrected chi connectivity index (χ0v) is 24.6. The standard InChI is InChI=1S/C29H59NO7/c1-5-7-9-11-12-14-16-27(15-13-10-8-6-2)25-36-21-19-34-17-18-35-20-22-37-26-28(31)23-30(3,4)24-29(32)33/h27-28,31H,5-26H2,1-4H3/p+1. The van der Waals surface area contributed by atoms with Crippen LogP contribution in [-0.2, 0) is 23.7 Å². The average Bonchev–Trinajstić information content (AvgIpc) is 2.82. The van der Waals surface area contributed by atoms with Gasteiger partial charge in [0.2, 0.25) is 0 Å². The molecule has 0 amide bonds. The predicted octanol–water partition coefficient (Wildman–Crippen LogP) is 4.91. The molecule has 0 aliphatic heterocycles. The van der Waals surface area contributed by atoms with E-state index in [-0.39, 0.29) is 17.6 Å². The minimum Gasteiger partial charge on any atom is -0.477 e. The number of ether oxygens (including phenoxy) is 4. The molecule has 0 fully saturated rings. The van der Waals surface area contributed by atoms with Crippen LogP contribution in [0.2, 0.25) is 0 Å². The molecule has 37 heavy (non-hydrogen) atoms. The average molecular weight is 535 g/mol. The van der Waals surface area contributed by atoms with Gasteiger partial charge in [0.15, 0.2) is 6.54 Å². The minimum atomic E-state index is -0.884. The second-order valence-electron chi connectivity index (χ2n) is 11.0. The molecule has 0 radical (unpaired) electrons. The highest BCUT2D eigenvalue weighted by Crippen LogP contribution is 2.19. The van der Waals surface area contributed by atoms with E-state index in [0.717, 1.165) is 6.61 Å². The van der Waals surface area contributed by atoms with Crippen molar-refractivity contribution in [1.82, 2.24) is 0 Å². The SMILES string of the molecule is CCCCCCCCC(CCCCCC)COCCOCCOCCOCC(O)C[N+](C)(C)CC(=O)O. The molecule has 222 valence electrons. The summed E-state index contributed by atoms with van der Waals surface area (Å²) < 4.78 is 22.7. The van der Waals surface area contributed by atoms with E-state index in [9.17, 15) is 9.90 Å². The Labute approximate surface area is 227 Å². The molecule has 0 spiro atoms. The number of carbonyl (C=O) groups is 1. The lowest BCUT2D eigenvalue weighted by Gasteiger charge is -2.29. The summed E-state index contributed by atoms with van der Waals surface area (Å²) in [6.07, 6.45) is 15.2. The molecular formula is C29H60NO7+. The molecule has 0 aliphatic carbocycles. The van der Waals surface area contributed by atoms with Gasteiger partial charge in [0.25, 0.3) is 0 Å². The monoisotopic (exact) mass is 534 g/mol. The number of likely N-dealkylation sites (N-methyl/N-ethyl adjacent to an activating group) is 1. The van der Waals surface area contributed by atoms with Gasteiger partial charge in [-0.05, 0) is 18.8 Å². The van der Waals surface area contributed by atoms with E-state index in [4.69, 9.17) is 24.1 Å². The highest BCUT2D eigenvalue weighted by molar-refractivity contribution is 5.67. The highest BCUT2D eigenvalue weighted by Gasteiger charge is 2.23. The first kappa shape index (κ1) is 36.2. The van der Waals surface area contributed by atoms with E-state index in [0.29, 0.717) is 52.1 Å². The van der Waals surface area contributed by atoms with Crippen molar-refractivity contribution < 1.29 is 38.4 Å². The topological polar surface area (TPSA) is 94.5 Å². The van der Waals surface area contributed by atoms with E-state index in [1.165, 1.54) is 77.0 Å². The quantitative estimate of drug-likeness (QED) is 0.104. The summed E-state index contributed by atoms with van der Waals surface area (Å²) in [5.41, 5.74) is 0. The van der Waals surface area contributed by atoms with Gasteiger partial charge in [-0.25, -0.2) is 4.79 Å². The van der Waals surface area contributed by atoms with Gasteiger partial charge in [0.1, 0.15) is 12.6 Å². The van der Waals surface area contributed by atoms with Crippen LogP contribution >= 0.6 is 0 Å². The zero-order chi connectivity index (χ0) is 27.6. The Morgan fingerprint density at radius 3 is 1.62 bits per heavy atom. The molecule has 0 rings (SSSR count). The molecule has 0 heterocycles. The van der Waals surface area contributed by atoms with Gasteiger partial charge in [0.05, 0.1) is 60.3 Å². The minimum absolute atomic E-state index is 0.0377. The number of aliphatic hydroxyl groups is 1. The van der Waals surface area contributed by atoms with Crippen LogP contribution in [0.1, 0.15) is 90.9 Å². The van der Waals surface area contributed by atoms with Crippen LogP contribution in [-0.4, -0.2) is 107 Å².